The Morgan fingerprint density at radius 2 is 1.57 bits per heavy atom. The highest BCUT2D eigenvalue weighted by atomic mass is 16.6. The fourth-order valence-corrected chi connectivity index (χ4v) is 7.17. The molecule has 2 aliphatic rings. The van der Waals surface area contributed by atoms with Crippen molar-refractivity contribution in [2.75, 3.05) is 32.3 Å². The molecule has 0 aliphatic carbocycles. The van der Waals surface area contributed by atoms with Crippen molar-refractivity contribution in [2.45, 2.75) is 43.4 Å². The number of ether oxygens (including phenoxy) is 5. The lowest BCUT2D eigenvalue weighted by Crippen LogP contribution is -2.52. The molecule has 2 saturated heterocycles. The molecule has 3 aromatic carbocycles. The van der Waals surface area contributed by atoms with E-state index in [9.17, 15) is 14.4 Å². The van der Waals surface area contributed by atoms with Crippen LogP contribution < -0.4 is 25.6 Å². The molecule has 13 nitrogen and oxygen atoms in total. The molecule has 7 rings (SSSR count). The quantitative estimate of drug-likeness (QED) is 0.160. The summed E-state index contributed by atoms with van der Waals surface area (Å²) in [4.78, 5) is 51.6. The third kappa shape index (κ3) is 5.93. The summed E-state index contributed by atoms with van der Waals surface area (Å²) in [6.45, 7) is 2.99. The van der Waals surface area contributed by atoms with Crippen molar-refractivity contribution in [2.24, 2.45) is 0 Å². The molecule has 2 aliphatic heterocycles. The number of hydrogen-bond donors (Lipinski definition) is 1. The second-order valence-corrected chi connectivity index (χ2v) is 12.6. The molecule has 2 bridgehead atoms. The van der Waals surface area contributed by atoms with Crippen molar-refractivity contribution in [3.8, 4) is 11.5 Å². The number of rotatable bonds is 11. The lowest BCUT2D eigenvalue weighted by molar-refractivity contribution is -0.175. The van der Waals surface area contributed by atoms with Crippen molar-refractivity contribution in [1.82, 2.24) is 19.5 Å². The van der Waals surface area contributed by atoms with Crippen molar-refractivity contribution in [3.05, 3.63) is 147 Å². The van der Waals surface area contributed by atoms with Crippen LogP contribution in [0.25, 0.3) is 0 Å². The minimum atomic E-state index is -1.33. The fraction of sp³-hybridized carbons (Fsp3) is 0.289. The number of aromatic nitrogens is 4. The summed E-state index contributed by atoms with van der Waals surface area (Å²) in [6.07, 6.45) is 4.23. The molecule has 5 aromatic rings. The summed E-state index contributed by atoms with van der Waals surface area (Å²) in [7, 11) is 3.21. The highest BCUT2D eigenvalue weighted by molar-refractivity contribution is 5.67. The maximum Gasteiger partial charge on any atom is 0.330 e. The van der Waals surface area contributed by atoms with Crippen LogP contribution in [-0.4, -0.2) is 70.6 Å². The van der Waals surface area contributed by atoms with Gasteiger partial charge in [-0.25, -0.2) is 9.78 Å². The first-order valence-electron chi connectivity index (χ1n) is 16.4. The number of carbonyl (C=O) groups is 1. The second kappa shape index (κ2) is 13.5. The van der Waals surface area contributed by atoms with Gasteiger partial charge in [0.15, 0.2) is 17.9 Å². The zero-order valence-corrected chi connectivity index (χ0v) is 28.5. The van der Waals surface area contributed by atoms with Crippen LogP contribution in [0.3, 0.4) is 0 Å². The normalized spacial score (nSPS) is 21.0. The summed E-state index contributed by atoms with van der Waals surface area (Å²) in [5.41, 5.74) is -1.02. The van der Waals surface area contributed by atoms with Crippen LogP contribution in [0, 0.1) is 6.92 Å². The Bertz CT molecular complexity index is 2080. The number of H-pyrrole nitrogens is 1. The first-order chi connectivity index (χ1) is 24.7. The number of morpholine rings is 1. The van der Waals surface area contributed by atoms with Gasteiger partial charge >= 0.3 is 11.7 Å². The number of hydrogen-bond acceptors (Lipinski definition) is 11. The molecule has 2 aromatic heterocycles. The number of aromatic amines is 1. The number of nitrogens with one attached hydrogen (secondary N) is 1. The Hall–Kier alpha value is -5.79. The van der Waals surface area contributed by atoms with Gasteiger partial charge in [-0.3, -0.25) is 24.1 Å². The Morgan fingerprint density at radius 1 is 0.941 bits per heavy atom. The lowest BCUT2D eigenvalue weighted by atomic mass is 9.79. The van der Waals surface area contributed by atoms with Crippen LogP contribution in [0.5, 0.6) is 11.5 Å². The van der Waals surface area contributed by atoms with E-state index < -0.39 is 46.8 Å². The van der Waals surface area contributed by atoms with E-state index in [0.717, 1.165) is 16.7 Å². The molecule has 2 fully saturated rings. The van der Waals surface area contributed by atoms with E-state index in [1.807, 2.05) is 83.8 Å². The minimum absolute atomic E-state index is 0.112. The topological polar surface area (TPSA) is 147 Å². The number of anilines is 1. The highest BCUT2D eigenvalue weighted by Crippen LogP contribution is 2.51. The van der Waals surface area contributed by atoms with Gasteiger partial charge in [0.1, 0.15) is 29.0 Å². The van der Waals surface area contributed by atoms with Gasteiger partial charge in [0.2, 0.25) is 0 Å². The summed E-state index contributed by atoms with van der Waals surface area (Å²) < 4.78 is 32.5. The molecular weight excluding hydrogens is 654 g/mol. The van der Waals surface area contributed by atoms with Gasteiger partial charge in [0.25, 0.3) is 5.56 Å². The zero-order chi connectivity index (χ0) is 35.8. The average Bonchev–Trinajstić information content (AvgIpc) is 3.62. The standard InChI is InChI=1S/C38H37N5O8/c1-24-21-42(36(46)41-34(24)45)35-32-33(50-25(2)44)37(51-35,22-43(32)31-20-39-18-19-40-31)23-49-38(26-8-6-5-7-9-26,27-10-14-29(47-3)15-11-27)28-12-16-30(48-4)17-13-28/h5-21,32-33,35H,22-23H2,1-4H3,(H,41,45,46)/t32-,33+,35-,37-/m1/s1. The van der Waals surface area contributed by atoms with Crippen LogP contribution in [0.15, 0.2) is 113 Å². The van der Waals surface area contributed by atoms with Gasteiger partial charge in [-0.1, -0.05) is 54.6 Å². The van der Waals surface area contributed by atoms with E-state index >= 15 is 0 Å². The van der Waals surface area contributed by atoms with E-state index in [0.29, 0.717) is 22.9 Å². The molecule has 4 atom stereocenters. The Morgan fingerprint density at radius 3 is 2.14 bits per heavy atom. The molecule has 13 heteroatoms. The van der Waals surface area contributed by atoms with Crippen LogP contribution in [0.2, 0.25) is 0 Å². The van der Waals surface area contributed by atoms with Crippen LogP contribution in [0.4, 0.5) is 5.82 Å². The largest absolute Gasteiger partial charge is 0.497 e. The number of nitrogens with zero attached hydrogens (tertiary/aromatic N) is 4. The van der Waals surface area contributed by atoms with Crippen molar-refractivity contribution >= 4 is 11.8 Å². The maximum absolute atomic E-state index is 13.3. The monoisotopic (exact) mass is 691 g/mol. The molecule has 4 heterocycles. The Kier molecular flexibility index (Phi) is 8.92. The molecule has 0 amide bonds. The minimum Gasteiger partial charge on any atom is -0.497 e. The first kappa shape index (κ1) is 33.7. The number of esters is 1. The molecule has 0 radical (unpaired) electrons. The van der Waals surface area contributed by atoms with Gasteiger partial charge in [0, 0.05) is 31.1 Å². The highest BCUT2D eigenvalue weighted by Gasteiger charge is 2.67. The Labute approximate surface area is 293 Å². The van der Waals surface area contributed by atoms with Gasteiger partial charge in [0.05, 0.1) is 33.6 Å². The van der Waals surface area contributed by atoms with Crippen LogP contribution in [-0.2, 0) is 24.6 Å². The predicted octanol–water partition coefficient (Wildman–Crippen LogP) is 3.75. The molecular formula is C38H37N5O8. The van der Waals surface area contributed by atoms with Crippen LogP contribution in [0.1, 0.15) is 35.4 Å². The number of benzene rings is 3. The third-order valence-corrected chi connectivity index (χ3v) is 9.54. The molecule has 0 saturated carbocycles. The number of carbonyl (C=O) groups excluding carboxylic acids is 1. The molecule has 1 N–H and O–H groups in total. The summed E-state index contributed by atoms with van der Waals surface area (Å²) in [5.74, 6) is 1.30. The Balaban J connectivity index is 1.41. The summed E-state index contributed by atoms with van der Waals surface area (Å²) >= 11 is 0. The number of methoxy groups -OCH3 is 2. The van der Waals surface area contributed by atoms with Gasteiger partial charge in [-0.15, -0.1) is 0 Å². The number of fused-ring (bicyclic) bond motifs is 2. The summed E-state index contributed by atoms with van der Waals surface area (Å²) in [6, 6.07) is 24.3. The van der Waals surface area contributed by atoms with Crippen LogP contribution >= 0.6 is 0 Å². The van der Waals surface area contributed by atoms with E-state index in [1.54, 1.807) is 39.7 Å². The zero-order valence-electron chi connectivity index (χ0n) is 28.5. The SMILES string of the molecule is COc1ccc(C(OC[C@@]23CN(c4cnccn4)[C@@H]([C@H](n4cc(C)c(=O)[nH]c4=O)O2)[C@@H]3OC(C)=O)(c2ccccc2)c2ccc(OC)cc2)cc1. The van der Waals surface area contributed by atoms with Gasteiger partial charge < -0.3 is 28.6 Å². The predicted molar refractivity (Wildman–Crippen MR) is 186 cm³/mol. The summed E-state index contributed by atoms with van der Waals surface area (Å²) in [5, 5.41) is 0. The van der Waals surface area contributed by atoms with Gasteiger partial charge in [-0.2, -0.15) is 0 Å². The number of aryl methyl sites for hydroxylation is 1. The van der Waals surface area contributed by atoms with E-state index in [-0.39, 0.29) is 13.2 Å². The second-order valence-electron chi connectivity index (χ2n) is 12.6. The fourth-order valence-electron chi connectivity index (χ4n) is 7.17. The average molecular weight is 692 g/mol. The lowest BCUT2D eigenvalue weighted by Gasteiger charge is -2.41. The molecule has 51 heavy (non-hydrogen) atoms. The molecule has 0 unspecified atom stereocenters. The van der Waals surface area contributed by atoms with Crippen molar-refractivity contribution in [3.63, 3.8) is 0 Å². The van der Waals surface area contributed by atoms with Crippen molar-refractivity contribution in [1.29, 1.82) is 0 Å². The van der Waals surface area contributed by atoms with E-state index in [4.69, 9.17) is 23.7 Å². The first-order valence-corrected chi connectivity index (χ1v) is 16.4. The molecule has 262 valence electrons. The molecule has 0 spiro atoms. The van der Waals surface area contributed by atoms with Gasteiger partial charge in [-0.05, 0) is 47.9 Å². The smallest absolute Gasteiger partial charge is 0.330 e. The van der Waals surface area contributed by atoms with E-state index in [1.165, 1.54) is 17.7 Å². The van der Waals surface area contributed by atoms with Crippen molar-refractivity contribution < 1.29 is 28.5 Å². The maximum atomic E-state index is 13.3. The van der Waals surface area contributed by atoms with E-state index in [2.05, 4.69) is 15.0 Å². The third-order valence-electron chi connectivity index (χ3n) is 9.54.